The summed E-state index contributed by atoms with van der Waals surface area (Å²) in [5.41, 5.74) is 5.65. The summed E-state index contributed by atoms with van der Waals surface area (Å²) in [4.78, 5) is 13.5. The SMILES string of the molecule is COc1cccc(-n2c(C)c3cnn(-c4ccc(-c5ccccc5)cc4)c(=O)c3c2C)c1. The molecule has 0 saturated carbocycles. The van der Waals surface area contributed by atoms with E-state index in [0.717, 1.165) is 45.0 Å². The highest BCUT2D eigenvalue weighted by Gasteiger charge is 2.18. The zero-order valence-electron chi connectivity index (χ0n) is 18.2. The van der Waals surface area contributed by atoms with Crippen molar-refractivity contribution in [1.82, 2.24) is 14.3 Å². The van der Waals surface area contributed by atoms with Gasteiger partial charge in [-0.15, -0.1) is 0 Å². The lowest BCUT2D eigenvalue weighted by molar-refractivity contribution is 0.414. The summed E-state index contributed by atoms with van der Waals surface area (Å²) in [6.45, 7) is 3.98. The number of ether oxygens (including phenoxy) is 1. The summed E-state index contributed by atoms with van der Waals surface area (Å²) in [6.07, 6.45) is 1.78. The van der Waals surface area contributed by atoms with Crippen LogP contribution < -0.4 is 10.3 Å². The molecule has 5 rings (SSSR count). The van der Waals surface area contributed by atoms with Crippen LogP contribution in [0.4, 0.5) is 0 Å². The van der Waals surface area contributed by atoms with Crippen molar-refractivity contribution in [2.75, 3.05) is 7.11 Å². The number of nitrogens with zero attached hydrogens (tertiary/aromatic N) is 3. The van der Waals surface area contributed by atoms with Crippen LogP contribution in [0.15, 0.2) is 89.9 Å². The molecule has 0 N–H and O–H groups in total. The standard InChI is InChI=1S/C27H23N3O2/c1-18-25-17-28-30(22-14-12-21(13-15-22)20-8-5-4-6-9-20)27(31)26(25)19(2)29(18)23-10-7-11-24(16-23)32-3/h4-17H,1-3H3. The largest absolute Gasteiger partial charge is 0.497 e. The summed E-state index contributed by atoms with van der Waals surface area (Å²) in [5.74, 6) is 0.771. The third-order valence-corrected chi connectivity index (χ3v) is 5.93. The van der Waals surface area contributed by atoms with Crippen LogP contribution in [0.2, 0.25) is 0 Å². The average Bonchev–Trinajstić information content (AvgIpc) is 3.10. The van der Waals surface area contributed by atoms with Gasteiger partial charge in [0.2, 0.25) is 0 Å². The van der Waals surface area contributed by atoms with Crippen LogP contribution in [0.3, 0.4) is 0 Å². The van der Waals surface area contributed by atoms with Crippen LogP contribution in [0, 0.1) is 13.8 Å². The molecule has 0 spiro atoms. The molecule has 158 valence electrons. The number of hydrogen-bond acceptors (Lipinski definition) is 3. The van der Waals surface area contributed by atoms with E-state index >= 15 is 0 Å². The van der Waals surface area contributed by atoms with Crippen LogP contribution in [-0.4, -0.2) is 21.5 Å². The summed E-state index contributed by atoms with van der Waals surface area (Å²) < 4.78 is 8.94. The minimum atomic E-state index is -0.128. The quantitative estimate of drug-likeness (QED) is 0.387. The fourth-order valence-corrected chi connectivity index (χ4v) is 4.31. The maximum atomic E-state index is 13.5. The topological polar surface area (TPSA) is 49.0 Å². The maximum absolute atomic E-state index is 13.5. The zero-order chi connectivity index (χ0) is 22.2. The van der Waals surface area contributed by atoms with Crippen molar-refractivity contribution in [3.05, 3.63) is 107 Å². The van der Waals surface area contributed by atoms with Crippen LogP contribution in [0.1, 0.15) is 11.4 Å². The molecule has 3 aromatic carbocycles. The zero-order valence-corrected chi connectivity index (χ0v) is 18.2. The second-order valence-corrected chi connectivity index (χ2v) is 7.77. The third kappa shape index (κ3) is 3.19. The Balaban J connectivity index is 1.63. The lowest BCUT2D eigenvalue weighted by atomic mass is 10.1. The predicted octanol–water partition coefficient (Wildman–Crippen LogP) is 5.47. The minimum absolute atomic E-state index is 0.128. The van der Waals surface area contributed by atoms with E-state index in [1.165, 1.54) is 4.68 Å². The molecule has 0 amide bonds. The lowest BCUT2D eigenvalue weighted by Crippen LogP contribution is -2.21. The molecule has 0 aliphatic heterocycles. The van der Waals surface area contributed by atoms with Crippen molar-refractivity contribution in [2.45, 2.75) is 13.8 Å². The van der Waals surface area contributed by atoms with Gasteiger partial charge in [0.1, 0.15) is 5.75 Å². The van der Waals surface area contributed by atoms with Crippen LogP contribution in [-0.2, 0) is 0 Å². The molecule has 0 unspecified atom stereocenters. The number of methoxy groups -OCH3 is 1. The van der Waals surface area contributed by atoms with Crippen molar-refractivity contribution in [1.29, 1.82) is 0 Å². The minimum Gasteiger partial charge on any atom is -0.497 e. The number of rotatable bonds is 4. The van der Waals surface area contributed by atoms with Gasteiger partial charge >= 0.3 is 0 Å². The molecule has 2 heterocycles. The third-order valence-electron chi connectivity index (χ3n) is 5.93. The highest BCUT2D eigenvalue weighted by atomic mass is 16.5. The molecule has 5 heteroatoms. The van der Waals surface area contributed by atoms with Gasteiger partial charge in [0, 0.05) is 28.5 Å². The Morgan fingerprint density at radius 1 is 0.781 bits per heavy atom. The summed E-state index contributed by atoms with van der Waals surface area (Å²) in [5, 5.41) is 6.02. The smallest absolute Gasteiger partial charge is 0.281 e. The van der Waals surface area contributed by atoms with Crippen LogP contribution in [0.5, 0.6) is 5.75 Å². The molecule has 0 aliphatic carbocycles. The molecule has 0 aliphatic rings. The van der Waals surface area contributed by atoms with Gasteiger partial charge in [-0.05, 0) is 49.2 Å². The molecule has 0 saturated heterocycles. The molecular formula is C27H23N3O2. The summed E-state index contributed by atoms with van der Waals surface area (Å²) >= 11 is 0. The molecule has 5 nitrogen and oxygen atoms in total. The number of aryl methyl sites for hydroxylation is 2. The molecule has 5 aromatic rings. The van der Waals surface area contributed by atoms with Gasteiger partial charge in [0.15, 0.2) is 0 Å². The molecule has 0 fully saturated rings. The van der Waals surface area contributed by atoms with Crippen molar-refractivity contribution in [3.63, 3.8) is 0 Å². The molecule has 32 heavy (non-hydrogen) atoms. The van der Waals surface area contributed by atoms with E-state index in [2.05, 4.69) is 21.8 Å². The molecule has 0 bridgehead atoms. The van der Waals surface area contributed by atoms with Crippen LogP contribution >= 0.6 is 0 Å². The fraction of sp³-hybridized carbons (Fsp3) is 0.111. The highest BCUT2D eigenvalue weighted by Crippen LogP contribution is 2.28. The van der Waals surface area contributed by atoms with E-state index < -0.39 is 0 Å². The summed E-state index contributed by atoms with van der Waals surface area (Å²) in [6, 6.07) is 25.9. The Hall–Kier alpha value is -4.12. The van der Waals surface area contributed by atoms with Gasteiger partial charge in [-0.2, -0.15) is 9.78 Å². The number of benzene rings is 3. The van der Waals surface area contributed by atoms with Gasteiger partial charge in [-0.1, -0.05) is 48.5 Å². The Morgan fingerprint density at radius 3 is 2.22 bits per heavy atom. The Bertz CT molecular complexity index is 1480. The van der Waals surface area contributed by atoms with Gasteiger partial charge < -0.3 is 9.30 Å². The molecular weight excluding hydrogens is 398 g/mol. The van der Waals surface area contributed by atoms with Crippen molar-refractivity contribution in [2.24, 2.45) is 0 Å². The van der Waals surface area contributed by atoms with Crippen LogP contribution in [0.25, 0.3) is 33.3 Å². The second kappa shape index (κ2) is 7.85. The van der Waals surface area contributed by atoms with E-state index in [1.807, 2.05) is 80.6 Å². The van der Waals surface area contributed by atoms with E-state index in [-0.39, 0.29) is 5.56 Å². The first kappa shape index (κ1) is 19.8. The van der Waals surface area contributed by atoms with E-state index in [1.54, 1.807) is 13.3 Å². The molecule has 0 atom stereocenters. The van der Waals surface area contributed by atoms with Gasteiger partial charge in [0.05, 0.1) is 24.4 Å². The van der Waals surface area contributed by atoms with Gasteiger partial charge in [0.25, 0.3) is 5.56 Å². The van der Waals surface area contributed by atoms with E-state index in [0.29, 0.717) is 5.39 Å². The van der Waals surface area contributed by atoms with E-state index in [4.69, 9.17) is 4.74 Å². The second-order valence-electron chi connectivity index (χ2n) is 7.77. The van der Waals surface area contributed by atoms with E-state index in [9.17, 15) is 4.79 Å². The van der Waals surface area contributed by atoms with Crippen molar-refractivity contribution >= 4 is 10.8 Å². The van der Waals surface area contributed by atoms with Crippen molar-refractivity contribution in [3.8, 4) is 28.3 Å². The molecule has 2 aromatic heterocycles. The fourth-order valence-electron chi connectivity index (χ4n) is 4.31. The maximum Gasteiger partial charge on any atom is 0.281 e. The first-order chi connectivity index (χ1) is 15.6. The number of fused-ring (bicyclic) bond motifs is 1. The Kier molecular flexibility index (Phi) is 4.86. The number of hydrogen-bond donors (Lipinski definition) is 0. The first-order valence-corrected chi connectivity index (χ1v) is 10.5. The number of aromatic nitrogens is 3. The highest BCUT2D eigenvalue weighted by molar-refractivity contribution is 5.88. The monoisotopic (exact) mass is 421 g/mol. The normalized spacial score (nSPS) is 11.1. The van der Waals surface area contributed by atoms with Crippen molar-refractivity contribution < 1.29 is 4.74 Å². The molecule has 0 radical (unpaired) electrons. The predicted molar refractivity (Wildman–Crippen MR) is 128 cm³/mol. The lowest BCUT2D eigenvalue weighted by Gasteiger charge is -2.10. The first-order valence-electron chi connectivity index (χ1n) is 10.5. The Labute approximate surface area is 186 Å². The Morgan fingerprint density at radius 2 is 1.50 bits per heavy atom. The van der Waals surface area contributed by atoms with Gasteiger partial charge in [-0.3, -0.25) is 4.79 Å². The summed E-state index contributed by atoms with van der Waals surface area (Å²) in [7, 11) is 1.65. The average molecular weight is 422 g/mol. The van der Waals surface area contributed by atoms with Gasteiger partial charge in [-0.25, -0.2) is 0 Å².